The third-order valence-electron chi connectivity index (χ3n) is 8.76. The molecule has 0 radical (unpaired) electrons. The highest BCUT2D eigenvalue weighted by molar-refractivity contribution is 5.99. The van der Waals surface area contributed by atoms with Gasteiger partial charge in [0.25, 0.3) is 0 Å². The van der Waals surface area contributed by atoms with Crippen LogP contribution < -0.4 is 10.3 Å². The number of hydrogen-bond donors (Lipinski definition) is 0. The van der Waals surface area contributed by atoms with E-state index >= 15 is 4.39 Å². The summed E-state index contributed by atoms with van der Waals surface area (Å²) in [5.74, 6) is -1.19. The van der Waals surface area contributed by atoms with Crippen LogP contribution in [0.4, 0.5) is 23.4 Å². The first-order valence-corrected chi connectivity index (χ1v) is 13.1. The molecule has 4 saturated carbocycles. The summed E-state index contributed by atoms with van der Waals surface area (Å²) in [4.78, 5) is 33.3. The van der Waals surface area contributed by atoms with Crippen LogP contribution >= 0.6 is 0 Å². The number of carbonyl (C=O) groups excluding carboxylic acids is 1. The average Bonchev–Trinajstić information content (AvgIpc) is 2.83. The second kappa shape index (κ2) is 8.92. The van der Waals surface area contributed by atoms with Gasteiger partial charge >= 0.3 is 0 Å². The SMILES string of the molecule is CN(CCF)c1ccc2c(=O)c(C(=O)CC34CC5CC(CC(F)(C5)C3)C4)cn(-c3ccc(F)cc3F)c2n1. The van der Waals surface area contributed by atoms with Crippen molar-refractivity contribution < 1.29 is 22.4 Å². The lowest BCUT2D eigenvalue weighted by Gasteiger charge is -2.59. The zero-order valence-corrected chi connectivity index (χ0v) is 21.2. The summed E-state index contributed by atoms with van der Waals surface area (Å²) in [6.45, 7) is -0.558. The smallest absolute Gasteiger partial charge is 0.201 e. The van der Waals surface area contributed by atoms with Crippen LogP contribution in [-0.2, 0) is 0 Å². The number of aromatic nitrogens is 2. The lowest BCUT2D eigenvalue weighted by molar-refractivity contribution is -0.122. The Kier molecular flexibility index (Phi) is 5.88. The van der Waals surface area contributed by atoms with Gasteiger partial charge < -0.3 is 4.90 Å². The zero-order chi connectivity index (χ0) is 26.8. The Morgan fingerprint density at radius 3 is 2.53 bits per heavy atom. The lowest BCUT2D eigenvalue weighted by atomic mass is 9.47. The van der Waals surface area contributed by atoms with Gasteiger partial charge in [-0.3, -0.25) is 14.2 Å². The van der Waals surface area contributed by atoms with Gasteiger partial charge in [0, 0.05) is 32.3 Å². The number of hydrogen-bond acceptors (Lipinski definition) is 4. The fourth-order valence-corrected chi connectivity index (χ4v) is 7.68. The summed E-state index contributed by atoms with van der Waals surface area (Å²) in [5, 5.41) is 0.0875. The third kappa shape index (κ3) is 4.20. The van der Waals surface area contributed by atoms with Gasteiger partial charge in [0.15, 0.2) is 11.4 Å². The van der Waals surface area contributed by atoms with Crippen LogP contribution in [0.25, 0.3) is 16.7 Å². The Bertz CT molecular complexity index is 1490. The van der Waals surface area contributed by atoms with Crippen molar-refractivity contribution in [3.63, 3.8) is 0 Å². The van der Waals surface area contributed by atoms with Crippen LogP contribution in [0.5, 0.6) is 0 Å². The van der Waals surface area contributed by atoms with E-state index in [9.17, 15) is 22.8 Å². The van der Waals surface area contributed by atoms with Gasteiger partial charge in [0.1, 0.15) is 29.8 Å². The molecular weight excluding hydrogens is 498 g/mol. The first-order chi connectivity index (χ1) is 18.1. The highest BCUT2D eigenvalue weighted by Crippen LogP contribution is 2.64. The summed E-state index contributed by atoms with van der Waals surface area (Å²) in [5.41, 5.74) is -2.40. The van der Waals surface area contributed by atoms with Crippen LogP contribution in [0.15, 0.2) is 41.3 Å². The first kappa shape index (κ1) is 25.1. The van der Waals surface area contributed by atoms with E-state index in [-0.39, 0.29) is 47.1 Å². The minimum Gasteiger partial charge on any atom is -0.357 e. The molecule has 3 aromatic rings. The molecule has 4 bridgehead atoms. The molecule has 5 nitrogen and oxygen atoms in total. The maximum Gasteiger partial charge on any atom is 0.201 e. The molecule has 2 atom stereocenters. The highest BCUT2D eigenvalue weighted by Gasteiger charge is 2.58. The number of alkyl halides is 2. The van der Waals surface area contributed by atoms with Crippen LogP contribution in [0, 0.1) is 28.9 Å². The number of benzene rings is 1. The fourth-order valence-electron chi connectivity index (χ4n) is 7.68. The topological polar surface area (TPSA) is 55.2 Å². The van der Waals surface area contributed by atoms with E-state index in [2.05, 4.69) is 4.98 Å². The second-order valence-corrected chi connectivity index (χ2v) is 11.7. The Hall–Kier alpha value is -3.23. The second-order valence-electron chi connectivity index (χ2n) is 11.7. The molecule has 2 aromatic heterocycles. The largest absolute Gasteiger partial charge is 0.357 e. The maximum absolute atomic E-state index is 15.5. The monoisotopic (exact) mass is 527 g/mol. The van der Waals surface area contributed by atoms with Crippen molar-refractivity contribution in [2.45, 2.75) is 50.6 Å². The van der Waals surface area contributed by atoms with Crippen molar-refractivity contribution in [1.82, 2.24) is 9.55 Å². The van der Waals surface area contributed by atoms with Gasteiger partial charge in [-0.2, -0.15) is 0 Å². The number of rotatable bonds is 7. The van der Waals surface area contributed by atoms with E-state index in [4.69, 9.17) is 0 Å². The van der Waals surface area contributed by atoms with E-state index in [1.165, 1.54) is 22.9 Å². The Morgan fingerprint density at radius 2 is 1.87 bits per heavy atom. The predicted molar refractivity (Wildman–Crippen MR) is 136 cm³/mol. The van der Waals surface area contributed by atoms with Gasteiger partial charge in [-0.1, -0.05) is 0 Å². The molecule has 0 spiro atoms. The zero-order valence-electron chi connectivity index (χ0n) is 21.2. The molecule has 0 N–H and O–H groups in total. The summed E-state index contributed by atoms with van der Waals surface area (Å²) < 4.78 is 58.4. The summed E-state index contributed by atoms with van der Waals surface area (Å²) in [6, 6.07) is 6.05. The molecule has 4 fully saturated rings. The number of nitrogens with zero attached hydrogens (tertiary/aromatic N) is 3. The number of fused-ring (bicyclic) bond motifs is 1. The molecule has 2 unspecified atom stereocenters. The number of Topliss-reactive ketones (excluding diaryl/α,β-unsaturated/α-hetero) is 1. The van der Waals surface area contributed by atoms with Crippen LogP contribution in [0.1, 0.15) is 55.3 Å². The average molecular weight is 528 g/mol. The standard InChI is InChI=1S/C29H29F4N3O2/c1-35(7-6-30)25-5-3-20-26(38)21(15-36(27(20)34-25)23-4-2-19(31)9-22(23)32)24(37)14-28-10-17-8-18(11-28)13-29(33,12-17)16-28/h2-5,9,15,17-18H,6-8,10-14,16H2,1H3. The minimum atomic E-state index is -1.24. The van der Waals surface area contributed by atoms with Crippen molar-refractivity contribution in [3.05, 3.63) is 63.9 Å². The molecular formula is C29H29F4N3O2. The van der Waals surface area contributed by atoms with E-state index in [0.717, 1.165) is 31.4 Å². The molecule has 4 aliphatic carbocycles. The molecule has 200 valence electrons. The van der Waals surface area contributed by atoms with Gasteiger partial charge in [-0.25, -0.2) is 22.5 Å². The number of ketones is 1. The Labute approximate surface area is 217 Å². The fraction of sp³-hybridized carbons (Fsp3) is 0.483. The number of halogens is 4. The first-order valence-electron chi connectivity index (χ1n) is 13.1. The van der Waals surface area contributed by atoms with Crippen molar-refractivity contribution >= 4 is 22.6 Å². The molecule has 0 aliphatic heterocycles. The van der Waals surface area contributed by atoms with Gasteiger partial charge in [-0.05, 0) is 80.0 Å². The van der Waals surface area contributed by atoms with E-state index in [1.54, 1.807) is 18.0 Å². The normalized spacial score (nSPS) is 27.7. The molecule has 38 heavy (non-hydrogen) atoms. The van der Waals surface area contributed by atoms with Crippen molar-refractivity contribution in [2.75, 3.05) is 25.2 Å². The summed E-state index contributed by atoms with van der Waals surface area (Å²) in [6.07, 6.45) is 5.32. The van der Waals surface area contributed by atoms with Crippen LogP contribution in [0.2, 0.25) is 0 Å². The highest BCUT2D eigenvalue weighted by atomic mass is 19.1. The number of carbonyl (C=O) groups is 1. The van der Waals surface area contributed by atoms with Crippen molar-refractivity contribution in [3.8, 4) is 5.69 Å². The molecule has 2 heterocycles. The van der Waals surface area contributed by atoms with E-state index in [0.29, 0.717) is 25.1 Å². The lowest BCUT2D eigenvalue weighted by Crippen LogP contribution is -2.54. The minimum absolute atomic E-state index is 0.0586. The number of pyridine rings is 2. The van der Waals surface area contributed by atoms with Gasteiger partial charge in [0.2, 0.25) is 5.43 Å². The third-order valence-corrected chi connectivity index (χ3v) is 8.76. The maximum atomic E-state index is 15.5. The quantitative estimate of drug-likeness (QED) is 0.282. The van der Waals surface area contributed by atoms with Crippen LogP contribution in [-0.4, -0.2) is 41.3 Å². The summed E-state index contributed by atoms with van der Waals surface area (Å²) in [7, 11) is 1.63. The Morgan fingerprint density at radius 1 is 1.13 bits per heavy atom. The van der Waals surface area contributed by atoms with E-state index < -0.39 is 40.6 Å². The molecule has 0 amide bonds. The van der Waals surface area contributed by atoms with Gasteiger partial charge in [-0.15, -0.1) is 0 Å². The Balaban J connectivity index is 1.46. The van der Waals surface area contributed by atoms with Crippen molar-refractivity contribution in [2.24, 2.45) is 17.3 Å². The molecule has 7 rings (SSSR count). The van der Waals surface area contributed by atoms with Crippen molar-refractivity contribution in [1.29, 1.82) is 0 Å². The summed E-state index contributed by atoms with van der Waals surface area (Å²) >= 11 is 0. The molecule has 1 aromatic carbocycles. The number of anilines is 1. The molecule has 0 saturated heterocycles. The van der Waals surface area contributed by atoms with Crippen LogP contribution in [0.3, 0.4) is 0 Å². The molecule has 9 heteroatoms. The molecule has 4 aliphatic rings. The van der Waals surface area contributed by atoms with Gasteiger partial charge in [0.05, 0.1) is 16.6 Å². The predicted octanol–water partition coefficient (Wildman–Crippen LogP) is 5.95. The van der Waals surface area contributed by atoms with E-state index in [1.807, 2.05) is 0 Å².